The lowest BCUT2D eigenvalue weighted by atomic mass is 9.89. The van der Waals surface area contributed by atoms with Crippen molar-refractivity contribution in [1.29, 1.82) is 0 Å². The van der Waals surface area contributed by atoms with E-state index in [1.165, 1.54) is 0 Å². The number of likely N-dealkylation sites (N-methyl/N-ethyl adjacent to an activating group) is 1. The Hall–Kier alpha value is -4.69. The lowest BCUT2D eigenvalue weighted by Gasteiger charge is -2.36. The number of amides is 1. The van der Waals surface area contributed by atoms with E-state index in [1.54, 1.807) is 35.2 Å². The van der Waals surface area contributed by atoms with Gasteiger partial charge in [0.15, 0.2) is 5.69 Å². The Bertz CT molecular complexity index is 1930. The number of hydrogen-bond acceptors (Lipinski definition) is 8. The maximum absolute atomic E-state index is 13.8. The molecule has 0 bridgehead atoms. The van der Waals surface area contributed by atoms with E-state index in [9.17, 15) is 26.4 Å². The van der Waals surface area contributed by atoms with Gasteiger partial charge in [-0.1, -0.05) is 48.9 Å². The molecule has 3 heterocycles. The lowest BCUT2D eigenvalue weighted by molar-refractivity contribution is -0.141. The van der Waals surface area contributed by atoms with E-state index in [1.807, 2.05) is 43.3 Å². The van der Waals surface area contributed by atoms with Crippen molar-refractivity contribution in [2.24, 2.45) is 0 Å². The molecule has 2 aliphatic rings. The minimum Gasteiger partial charge on any atom is -0.438 e. The first-order chi connectivity index (χ1) is 24.4. The third kappa shape index (κ3) is 9.16. The number of hydrogen-bond donors (Lipinski definition) is 1. The number of anilines is 2. The summed E-state index contributed by atoms with van der Waals surface area (Å²) in [6.07, 6.45) is -3.12. The van der Waals surface area contributed by atoms with E-state index in [0.717, 1.165) is 74.5 Å². The first-order valence-corrected chi connectivity index (χ1v) is 18.7. The Balaban J connectivity index is 1.11. The molecule has 2 saturated heterocycles. The van der Waals surface area contributed by atoms with Crippen LogP contribution in [0, 0.1) is 6.92 Å². The second kappa shape index (κ2) is 15.3. The monoisotopic (exact) mass is 722 g/mol. The molecule has 1 N–H and O–H groups in total. The van der Waals surface area contributed by atoms with Crippen LogP contribution >= 0.6 is 0 Å². The summed E-state index contributed by atoms with van der Waals surface area (Å²) in [4.78, 5) is 20.1. The zero-order valence-corrected chi connectivity index (χ0v) is 29.4. The fraction of sp³-hybridized carbons (Fsp3) is 0.378. The van der Waals surface area contributed by atoms with Crippen molar-refractivity contribution in [1.82, 2.24) is 20.0 Å². The van der Waals surface area contributed by atoms with Crippen molar-refractivity contribution in [3.05, 3.63) is 107 Å². The van der Waals surface area contributed by atoms with Gasteiger partial charge in [0.1, 0.15) is 5.75 Å². The van der Waals surface area contributed by atoms with E-state index in [2.05, 4.69) is 31.6 Å². The van der Waals surface area contributed by atoms with Gasteiger partial charge in [0.05, 0.1) is 17.1 Å². The first kappa shape index (κ1) is 36.1. The molecule has 2 fully saturated rings. The zero-order chi connectivity index (χ0) is 36.2. The molecule has 4 aromatic rings. The lowest BCUT2D eigenvalue weighted by Crippen LogP contribution is -2.46. The van der Waals surface area contributed by atoms with Crippen molar-refractivity contribution in [3.63, 3.8) is 0 Å². The maximum atomic E-state index is 13.8. The molecule has 0 radical (unpaired) electrons. The molecule has 0 atom stereocenters. The number of carbonyl (C=O) groups is 1. The average molecular weight is 723 g/mol. The second-order valence-corrected chi connectivity index (χ2v) is 14.7. The van der Waals surface area contributed by atoms with Crippen molar-refractivity contribution < 1.29 is 31.1 Å². The van der Waals surface area contributed by atoms with Crippen molar-refractivity contribution >= 4 is 27.3 Å². The molecule has 0 spiro atoms. The highest BCUT2D eigenvalue weighted by Crippen LogP contribution is 2.34. The van der Waals surface area contributed by atoms with E-state index in [0.29, 0.717) is 35.7 Å². The maximum Gasteiger partial charge on any atom is 0.435 e. The summed E-state index contributed by atoms with van der Waals surface area (Å²) < 4.78 is 73.6. The molecule has 3 aromatic carbocycles. The third-order valence-electron chi connectivity index (χ3n) is 9.39. The van der Waals surface area contributed by atoms with E-state index in [-0.39, 0.29) is 23.5 Å². The Morgan fingerprint density at radius 2 is 1.63 bits per heavy atom. The van der Waals surface area contributed by atoms with Crippen LogP contribution in [-0.4, -0.2) is 80.1 Å². The summed E-state index contributed by atoms with van der Waals surface area (Å²) in [5, 5.41) is 6.70. The van der Waals surface area contributed by atoms with E-state index in [4.69, 9.17) is 4.74 Å². The smallest absolute Gasteiger partial charge is 0.435 e. The number of halogens is 3. The van der Waals surface area contributed by atoms with Crippen LogP contribution < -0.4 is 14.4 Å². The molecule has 14 heteroatoms. The minimum atomic E-state index is -4.58. The summed E-state index contributed by atoms with van der Waals surface area (Å²) in [5.74, 6) is 0.233. The van der Waals surface area contributed by atoms with Crippen LogP contribution in [0.15, 0.2) is 78.9 Å². The molecule has 51 heavy (non-hydrogen) atoms. The van der Waals surface area contributed by atoms with Crippen LogP contribution in [-0.2, 0) is 22.0 Å². The van der Waals surface area contributed by atoms with Crippen molar-refractivity contribution in [3.8, 4) is 11.6 Å². The largest absolute Gasteiger partial charge is 0.438 e. The highest BCUT2D eigenvalue weighted by atomic mass is 32.2. The molecular formula is C37H41F3N6O4S. The Morgan fingerprint density at radius 3 is 2.25 bits per heavy atom. The number of nitrogens with one attached hydrogen (secondary N) is 1. The summed E-state index contributed by atoms with van der Waals surface area (Å²) in [6, 6.07) is 21.9. The molecule has 270 valence electrons. The Morgan fingerprint density at radius 1 is 0.902 bits per heavy atom. The Kier molecular flexibility index (Phi) is 10.8. The van der Waals surface area contributed by atoms with Gasteiger partial charge in [-0.05, 0) is 79.8 Å². The number of aryl methyl sites for hydroxylation is 1. The molecule has 1 amide bonds. The normalized spacial score (nSPS) is 16.3. The van der Waals surface area contributed by atoms with Crippen LogP contribution in [0.2, 0.25) is 0 Å². The summed E-state index contributed by atoms with van der Waals surface area (Å²) in [5.41, 5.74) is 3.21. The van der Waals surface area contributed by atoms with Crippen LogP contribution in [0.1, 0.15) is 58.4 Å². The average Bonchev–Trinajstić information content (AvgIpc) is 3.11. The second-order valence-electron chi connectivity index (χ2n) is 13.0. The quantitative estimate of drug-likeness (QED) is 0.193. The predicted molar refractivity (Wildman–Crippen MR) is 190 cm³/mol. The molecular weight excluding hydrogens is 682 g/mol. The number of sulfonamides is 1. The van der Waals surface area contributed by atoms with Gasteiger partial charge in [-0.25, -0.2) is 8.42 Å². The van der Waals surface area contributed by atoms with Gasteiger partial charge in [0.2, 0.25) is 15.9 Å². The molecule has 10 nitrogen and oxygen atoms in total. The third-order valence-corrected chi connectivity index (χ3v) is 10.6. The van der Waals surface area contributed by atoms with Gasteiger partial charge < -0.3 is 19.4 Å². The number of piperidine rings is 1. The predicted octanol–water partition coefficient (Wildman–Crippen LogP) is 6.70. The van der Waals surface area contributed by atoms with Gasteiger partial charge in [0, 0.05) is 50.9 Å². The van der Waals surface area contributed by atoms with Gasteiger partial charge >= 0.3 is 6.18 Å². The number of benzene rings is 3. The standard InChI is InChI=1S/C37H41F3N6O4S/c1-3-44-19-21-45(22-20-44)33-12-9-30(24-32(33)43-51(48,49)25-27-6-4-5-26(2)23-27)36(47)46-17-15-29(16-18-46)28-7-10-31(11-8-28)50-35-14-13-34(41-42-35)37(38,39)40/h4-14,23-24,29,43H,3,15-22,25H2,1-2H3. The highest BCUT2D eigenvalue weighted by Gasteiger charge is 2.33. The minimum absolute atomic E-state index is 0.0445. The number of carbonyl (C=O) groups excluding carboxylic acids is 1. The molecule has 0 unspecified atom stereocenters. The number of alkyl halides is 3. The van der Waals surface area contributed by atoms with Gasteiger partial charge in [-0.15, -0.1) is 10.2 Å². The molecule has 2 aliphatic heterocycles. The number of piperazine rings is 1. The SMILES string of the molecule is CCN1CCN(c2ccc(C(=O)N3CCC(c4ccc(Oc5ccc(C(F)(F)F)nn5)cc4)CC3)cc2NS(=O)(=O)Cc2cccc(C)c2)CC1. The van der Waals surface area contributed by atoms with Gasteiger partial charge in [0.25, 0.3) is 5.91 Å². The summed E-state index contributed by atoms with van der Waals surface area (Å²) in [6.45, 7) is 9.28. The number of aromatic nitrogens is 2. The van der Waals surface area contributed by atoms with Crippen LogP contribution in [0.5, 0.6) is 11.6 Å². The Labute approximate surface area is 296 Å². The van der Waals surface area contributed by atoms with Crippen molar-refractivity contribution in [2.45, 2.75) is 44.5 Å². The summed E-state index contributed by atoms with van der Waals surface area (Å²) in [7, 11) is -3.78. The molecule has 0 saturated carbocycles. The number of nitrogens with zero attached hydrogens (tertiary/aromatic N) is 5. The molecule has 0 aliphatic carbocycles. The fourth-order valence-electron chi connectivity index (χ4n) is 6.61. The topological polar surface area (TPSA) is 108 Å². The van der Waals surface area contributed by atoms with Crippen LogP contribution in [0.3, 0.4) is 0 Å². The number of likely N-dealkylation sites (tertiary alicyclic amines) is 1. The van der Waals surface area contributed by atoms with Crippen molar-refractivity contribution in [2.75, 3.05) is 55.4 Å². The first-order valence-electron chi connectivity index (χ1n) is 17.0. The van der Waals surface area contributed by atoms with Crippen LogP contribution in [0.4, 0.5) is 24.5 Å². The number of rotatable bonds is 10. The van der Waals surface area contributed by atoms with Gasteiger partial charge in [-0.2, -0.15) is 13.2 Å². The van der Waals surface area contributed by atoms with E-state index >= 15 is 0 Å². The highest BCUT2D eigenvalue weighted by molar-refractivity contribution is 7.91. The summed E-state index contributed by atoms with van der Waals surface area (Å²) >= 11 is 0. The molecule has 1 aromatic heterocycles. The van der Waals surface area contributed by atoms with E-state index < -0.39 is 21.9 Å². The zero-order valence-electron chi connectivity index (χ0n) is 28.6. The number of ether oxygens (including phenoxy) is 1. The molecule has 6 rings (SSSR count). The van der Waals surface area contributed by atoms with Crippen LogP contribution in [0.25, 0.3) is 0 Å². The fourth-order valence-corrected chi connectivity index (χ4v) is 7.80. The van der Waals surface area contributed by atoms with Gasteiger partial charge in [-0.3, -0.25) is 9.52 Å².